The zero-order chi connectivity index (χ0) is 15.5. The SMILES string of the molecule is CC(C)[C@@H](NS(=O)(=O)Cc1c(F)cccc1Cl)C(=O)O. The van der Waals surface area contributed by atoms with Crippen molar-refractivity contribution in [1.82, 2.24) is 4.72 Å². The third kappa shape index (κ3) is 4.43. The van der Waals surface area contributed by atoms with E-state index in [4.69, 9.17) is 16.7 Å². The normalized spacial score (nSPS) is 13.4. The maximum absolute atomic E-state index is 13.5. The van der Waals surface area contributed by atoms with Crippen LogP contribution in [-0.2, 0) is 20.6 Å². The Morgan fingerprint density at radius 1 is 1.45 bits per heavy atom. The second kappa shape index (κ2) is 6.51. The zero-order valence-corrected chi connectivity index (χ0v) is 12.5. The summed E-state index contributed by atoms with van der Waals surface area (Å²) in [7, 11) is -4.02. The van der Waals surface area contributed by atoms with Gasteiger partial charge >= 0.3 is 5.97 Å². The van der Waals surface area contributed by atoms with E-state index < -0.39 is 39.5 Å². The molecule has 0 aliphatic carbocycles. The second-order valence-electron chi connectivity index (χ2n) is 4.64. The van der Waals surface area contributed by atoms with Crippen LogP contribution in [-0.4, -0.2) is 25.5 Å². The molecule has 0 unspecified atom stereocenters. The van der Waals surface area contributed by atoms with E-state index in [1.807, 2.05) is 4.72 Å². The fourth-order valence-electron chi connectivity index (χ4n) is 1.57. The zero-order valence-electron chi connectivity index (χ0n) is 10.9. The molecule has 0 fully saturated rings. The van der Waals surface area contributed by atoms with Crippen molar-refractivity contribution >= 4 is 27.6 Å². The third-order valence-electron chi connectivity index (χ3n) is 2.64. The standard InChI is InChI=1S/C12H15ClFNO4S/c1-7(2)11(12(16)17)15-20(18,19)6-8-9(13)4-3-5-10(8)14/h3-5,7,11,15H,6H2,1-2H3,(H,16,17)/t11-/m1/s1. The van der Waals surface area contributed by atoms with Gasteiger partial charge < -0.3 is 5.11 Å². The van der Waals surface area contributed by atoms with Gasteiger partial charge in [0.2, 0.25) is 10.0 Å². The van der Waals surface area contributed by atoms with Crippen LogP contribution in [0.15, 0.2) is 18.2 Å². The maximum Gasteiger partial charge on any atom is 0.321 e. The van der Waals surface area contributed by atoms with Crippen molar-refractivity contribution in [3.05, 3.63) is 34.6 Å². The molecule has 0 spiro atoms. The molecule has 0 bridgehead atoms. The maximum atomic E-state index is 13.5. The minimum Gasteiger partial charge on any atom is -0.480 e. The highest BCUT2D eigenvalue weighted by atomic mass is 35.5. The summed E-state index contributed by atoms with van der Waals surface area (Å²) in [6.07, 6.45) is 0. The first kappa shape index (κ1) is 16.9. The van der Waals surface area contributed by atoms with Crippen LogP contribution < -0.4 is 4.72 Å². The van der Waals surface area contributed by atoms with Gasteiger partial charge in [0.05, 0.1) is 5.75 Å². The van der Waals surface area contributed by atoms with E-state index in [9.17, 15) is 17.6 Å². The first-order valence-corrected chi connectivity index (χ1v) is 7.83. The Bertz CT molecular complexity index is 583. The summed E-state index contributed by atoms with van der Waals surface area (Å²) in [4.78, 5) is 11.0. The molecule has 0 saturated heterocycles. The van der Waals surface area contributed by atoms with Gasteiger partial charge in [0, 0.05) is 10.6 Å². The van der Waals surface area contributed by atoms with Crippen molar-refractivity contribution in [3.63, 3.8) is 0 Å². The first-order valence-electron chi connectivity index (χ1n) is 5.79. The van der Waals surface area contributed by atoms with Gasteiger partial charge in [-0.3, -0.25) is 4.79 Å². The molecule has 1 aromatic rings. The fraction of sp³-hybridized carbons (Fsp3) is 0.417. The largest absolute Gasteiger partial charge is 0.480 e. The lowest BCUT2D eigenvalue weighted by molar-refractivity contribution is -0.140. The molecule has 1 atom stereocenters. The lowest BCUT2D eigenvalue weighted by Crippen LogP contribution is -2.44. The smallest absolute Gasteiger partial charge is 0.321 e. The summed E-state index contributed by atoms with van der Waals surface area (Å²) in [5.41, 5.74) is -0.186. The second-order valence-corrected chi connectivity index (χ2v) is 6.80. The van der Waals surface area contributed by atoms with E-state index in [2.05, 4.69) is 0 Å². The number of carbonyl (C=O) groups is 1. The fourth-order valence-corrected chi connectivity index (χ4v) is 3.39. The van der Waals surface area contributed by atoms with Crippen LogP contribution in [0.3, 0.4) is 0 Å². The molecule has 0 radical (unpaired) electrons. The molecular formula is C12H15ClFNO4S. The van der Waals surface area contributed by atoms with Gasteiger partial charge in [-0.2, -0.15) is 0 Å². The number of halogens is 2. The Morgan fingerprint density at radius 3 is 2.50 bits per heavy atom. The highest BCUT2D eigenvalue weighted by Gasteiger charge is 2.28. The molecule has 0 amide bonds. The Hall–Kier alpha value is -1.18. The average molecular weight is 324 g/mol. The summed E-state index contributed by atoms with van der Waals surface area (Å²) >= 11 is 5.75. The third-order valence-corrected chi connectivity index (χ3v) is 4.27. The van der Waals surface area contributed by atoms with Gasteiger partial charge in [-0.05, 0) is 18.1 Å². The number of rotatable bonds is 6. The molecule has 2 N–H and O–H groups in total. The van der Waals surface area contributed by atoms with Crippen LogP contribution in [0.2, 0.25) is 5.02 Å². The Kier molecular flexibility index (Phi) is 5.50. The number of carboxylic acids is 1. The van der Waals surface area contributed by atoms with E-state index in [1.54, 1.807) is 13.8 Å². The lowest BCUT2D eigenvalue weighted by atomic mass is 10.1. The van der Waals surface area contributed by atoms with E-state index in [0.29, 0.717) is 0 Å². The molecule has 1 rings (SSSR count). The minimum atomic E-state index is -4.02. The van der Waals surface area contributed by atoms with Crippen molar-refractivity contribution < 1.29 is 22.7 Å². The number of benzene rings is 1. The van der Waals surface area contributed by atoms with Gasteiger partial charge in [-0.15, -0.1) is 0 Å². The Labute approximate surface area is 121 Å². The van der Waals surface area contributed by atoms with Crippen molar-refractivity contribution in [3.8, 4) is 0 Å². The topological polar surface area (TPSA) is 83.5 Å². The minimum absolute atomic E-state index is 0.0215. The summed E-state index contributed by atoms with van der Waals surface area (Å²) in [6.45, 7) is 3.13. The molecule has 20 heavy (non-hydrogen) atoms. The van der Waals surface area contributed by atoms with Gasteiger partial charge in [0.15, 0.2) is 0 Å². The number of nitrogens with one attached hydrogen (secondary N) is 1. The molecule has 0 aliphatic heterocycles. The summed E-state index contributed by atoms with van der Waals surface area (Å²) < 4.78 is 39.4. The molecular weight excluding hydrogens is 309 g/mol. The van der Waals surface area contributed by atoms with Crippen LogP contribution in [0.25, 0.3) is 0 Å². The lowest BCUT2D eigenvalue weighted by Gasteiger charge is -2.18. The number of aliphatic carboxylic acids is 1. The average Bonchev–Trinajstić information content (AvgIpc) is 2.30. The van der Waals surface area contributed by atoms with Gasteiger partial charge in [-0.25, -0.2) is 17.5 Å². The van der Waals surface area contributed by atoms with E-state index in [0.717, 1.165) is 6.07 Å². The summed E-state index contributed by atoms with van der Waals surface area (Å²) in [5.74, 6) is -3.20. The summed E-state index contributed by atoms with van der Waals surface area (Å²) in [6, 6.07) is 2.54. The Balaban J connectivity index is 2.98. The predicted molar refractivity (Wildman–Crippen MR) is 73.4 cm³/mol. The first-order chi connectivity index (χ1) is 9.14. The van der Waals surface area contributed by atoms with E-state index >= 15 is 0 Å². The van der Waals surface area contributed by atoms with Gasteiger partial charge in [-0.1, -0.05) is 31.5 Å². The molecule has 0 heterocycles. The number of hydrogen-bond acceptors (Lipinski definition) is 3. The number of sulfonamides is 1. The van der Waals surface area contributed by atoms with Crippen LogP contribution in [0, 0.1) is 11.7 Å². The molecule has 8 heteroatoms. The monoisotopic (exact) mass is 323 g/mol. The van der Waals surface area contributed by atoms with Crippen molar-refractivity contribution in [1.29, 1.82) is 0 Å². The van der Waals surface area contributed by atoms with E-state index in [1.165, 1.54) is 12.1 Å². The van der Waals surface area contributed by atoms with Crippen LogP contribution in [0.5, 0.6) is 0 Å². The quantitative estimate of drug-likeness (QED) is 0.838. The highest BCUT2D eigenvalue weighted by Crippen LogP contribution is 2.21. The van der Waals surface area contributed by atoms with Crippen molar-refractivity contribution in [2.75, 3.05) is 0 Å². The predicted octanol–water partition coefficient (Wildman–Crippen LogP) is 2.01. The highest BCUT2D eigenvalue weighted by molar-refractivity contribution is 7.88. The molecule has 0 aliphatic rings. The van der Waals surface area contributed by atoms with Crippen molar-refractivity contribution in [2.45, 2.75) is 25.6 Å². The number of carboxylic acid groups (broad SMARTS) is 1. The Morgan fingerprint density at radius 2 is 2.05 bits per heavy atom. The van der Waals surface area contributed by atoms with Gasteiger partial charge in [0.25, 0.3) is 0 Å². The molecule has 112 valence electrons. The molecule has 5 nitrogen and oxygen atoms in total. The van der Waals surface area contributed by atoms with Crippen LogP contribution >= 0.6 is 11.6 Å². The number of hydrogen-bond donors (Lipinski definition) is 2. The molecule has 0 saturated carbocycles. The molecule has 0 aromatic heterocycles. The summed E-state index contributed by atoms with van der Waals surface area (Å²) in [5, 5.41) is 8.93. The molecule has 1 aromatic carbocycles. The van der Waals surface area contributed by atoms with Crippen LogP contribution in [0.4, 0.5) is 4.39 Å². The van der Waals surface area contributed by atoms with Gasteiger partial charge in [0.1, 0.15) is 11.9 Å². The van der Waals surface area contributed by atoms with E-state index in [-0.39, 0.29) is 10.6 Å². The van der Waals surface area contributed by atoms with Crippen LogP contribution in [0.1, 0.15) is 19.4 Å². The van der Waals surface area contributed by atoms with Crippen molar-refractivity contribution in [2.24, 2.45) is 5.92 Å².